The molecule has 1 aromatic carbocycles. The summed E-state index contributed by atoms with van der Waals surface area (Å²) in [5.74, 6) is 0.145. The molecule has 1 aliphatic carbocycles. The van der Waals surface area contributed by atoms with E-state index in [1.165, 1.54) is 0 Å². The van der Waals surface area contributed by atoms with Gasteiger partial charge in [0, 0.05) is 0 Å². The van der Waals surface area contributed by atoms with E-state index in [-0.39, 0.29) is 0 Å². The van der Waals surface area contributed by atoms with E-state index in [9.17, 15) is 4.79 Å². The molecule has 0 atom stereocenters. The molecule has 0 spiro atoms. The van der Waals surface area contributed by atoms with Gasteiger partial charge < -0.3 is 10.5 Å². The fraction of sp³-hybridized carbons (Fsp3) is 0.462. The molecule has 3 nitrogen and oxygen atoms in total. The van der Waals surface area contributed by atoms with Gasteiger partial charge in [0.05, 0.1) is 5.02 Å². The van der Waals surface area contributed by atoms with Crippen LogP contribution in [0.3, 0.4) is 0 Å². The number of benzene rings is 1. The summed E-state index contributed by atoms with van der Waals surface area (Å²) in [6.07, 6.45) is 4.41. The summed E-state index contributed by atoms with van der Waals surface area (Å²) < 4.78 is 5.83. The van der Waals surface area contributed by atoms with Gasteiger partial charge in [0.25, 0.3) is 5.91 Å². The molecule has 17 heavy (non-hydrogen) atoms. The van der Waals surface area contributed by atoms with Gasteiger partial charge in [-0.05, 0) is 37.8 Å². The fourth-order valence-electron chi connectivity index (χ4n) is 2.26. The number of carbonyl (C=O) groups excluding carboxylic acids is 1. The Morgan fingerprint density at radius 1 is 1.24 bits per heavy atom. The highest BCUT2D eigenvalue weighted by molar-refractivity contribution is 6.32. The highest BCUT2D eigenvalue weighted by Crippen LogP contribution is 2.35. The molecule has 1 aliphatic rings. The first-order chi connectivity index (χ1) is 8.14. The molecule has 4 heteroatoms. The first kappa shape index (κ1) is 12.2. The van der Waals surface area contributed by atoms with Crippen LogP contribution < -0.4 is 10.5 Å². The quantitative estimate of drug-likeness (QED) is 0.901. The van der Waals surface area contributed by atoms with Crippen molar-refractivity contribution in [3.63, 3.8) is 0 Å². The summed E-state index contributed by atoms with van der Waals surface area (Å²) in [5, 5.41) is 0.513. The van der Waals surface area contributed by atoms with E-state index in [0.29, 0.717) is 23.6 Å². The van der Waals surface area contributed by atoms with Gasteiger partial charge in [-0.3, -0.25) is 4.79 Å². The molecule has 1 fully saturated rings. The van der Waals surface area contributed by atoms with Gasteiger partial charge >= 0.3 is 0 Å². The lowest BCUT2D eigenvalue weighted by molar-refractivity contribution is -0.136. The molecule has 0 saturated heterocycles. The van der Waals surface area contributed by atoms with Crippen LogP contribution in [0.25, 0.3) is 0 Å². The monoisotopic (exact) mass is 253 g/mol. The van der Waals surface area contributed by atoms with Gasteiger partial charge in [0.1, 0.15) is 5.75 Å². The van der Waals surface area contributed by atoms with E-state index in [2.05, 4.69) is 0 Å². The summed E-state index contributed by atoms with van der Waals surface area (Å²) in [7, 11) is 0. The molecular formula is C13H16ClNO2. The van der Waals surface area contributed by atoms with Crippen molar-refractivity contribution in [2.24, 2.45) is 5.73 Å². The third kappa shape index (κ3) is 2.55. The van der Waals surface area contributed by atoms with Gasteiger partial charge in [0.15, 0.2) is 5.60 Å². The van der Waals surface area contributed by atoms with E-state index in [0.717, 1.165) is 19.3 Å². The van der Waals surface area contributed by atoms with Crippen molar-refractivity contribution in [3.05, 3.63) is 29.3 Å². The third-order valence-electron chi connectivity index (χ3n) is 3.25. The topological polar surface area (TPSA) is 52.3 Å². The Kier molecular flexibility index (Phi) is 3.57. The normalized spacial score (nSPS) is 18.6. The number of primary amides is 1. The van der Waals surface area contributed by atoms with Crippen LogP contribution in [0.5, 0.6) is 5.75 Å². The maximum absolute atomic E-state index is 11.6. The maximum Gasteiger partial charge on any atom is 0.261 e. The number of rotatable bonds is 3. The minimum Gasteiger partial charge on any atom is -0.476 e. The van der Waals surface area contributed by atoms with Crippen LogP contribution in [0.2, 0.25) is 5.02 Å². The second kappa shape index (κ2) is 4.96. The van der Waals surface area contributed by atoms with Crippen LogP contribution in [-0.2, 0) is 4.79 Å². The van der Waals surface area contributed by atoms with Crippen molar-refractivity contribution in [1.82, 2.24) is 0 Å². The number of para-hydroxylation sites is 1. The predicted octanol–water partition coefficient (Wildman–Crippen LogP) is 2.91. The summed E-state index contributed by atoms with van der Waals surface area (Å²) >= 11 is 6.03. The Morgan fingerprint density at radius 2 is 1.88 bits per heavy atom. The molecule has 2 N–H and O–H groups in total. The van der Waals surface area contributed by atoms with Gasteiger partial charge in [-0.2, -0.15) is 0 Å². The standard InChI is InChI=1S/C13H16ClNO2/c14-10-6-2-3-7-11(10)17-13(12(15)16)8-4-1-5-9-13/h2-3,6-7H,1,4-5,8-9H2,(H2,15,16). The number of nitrogens with two attached hydrogens (primary N) is 1. The first-order valence-corrected chi connectivity index (χ1v) is 6.25. The van der Waals surface area contributed by atoms with Crippen molar-refractivity contribution in [3.8, 4) is 5.75 Å². The predicted molar refractivity (Wildman–Crippen MR) is 67.1 cm³/mol. The molecule has 0 heterocycles. The van der Waals surface area contributed by atoms with Gasteiger partial charge in [0.2, 0.25) is 0 Å². The second-order valence-electron chi connectivity index (χ2n) is 4.45. The molecule has 1 aromatic rings. The number of carbonyl (C=O) groups is 1. The van der Waals surface area contributed by atoms with Crippen molar-refractivity contribution < 1.29 is 9.53 Å². The summed E-state index contributed by atoms with van der Waals surface area (Å²) in [4.78, 5) is 11.6. The molecule has 0 radical (unpaired) electrons. The Labute approximate surface area is 106 Å². The van der Waals surface area contributed by atoms with Crippen molar-refractivity contribution >= 4 is 17.5 Å². The highest BCUT2D eigenvalue weighted by Gasteiger charge is 2.40. The van der Waals surface area contributed by atoms with Crippen LogP contribution in [0, 0.1) is 0 Å². The Bertz CT molecular complexity index is 414. The lowest BCUT2D eigenvalue weighted by atomic mass is 9.84. The zero-order valence-corrected chi connectivity index (χ0v) is 10.4. The van der Waals surface area contributed by atoms with E-state index in [1.807, 2.05) is 12.1 Å². The molecule has 92 valence electrons. The summed E-state index contributed by atoms with van der Waals surface area (Å²) in [5.41, 5.74) is 4.62. The zero-order chi connectivity index (χ0) is 12.3. The lowest BCUT2D eigenvalue weighted by Gasteiger charge is -2.34. The SMILES string of the molecule is NC(=O)C1(Oc2ccccc2Cl)CCCCC1. The van der Waals surface area contributed by atoms with E-state index in [4.69, 9.17) is 22.1 Å². The smallest absolute Gasteiger partial charge is 0.261 e. The Morgan fingerprint density at radius 3 is 2.47 bits per heavy atom. The van der Waals surface area contributed by atoms with Gasteiger partial charge in [-0.1, -0.05) is 30.2 Å². The Hall–Kier alpha value is -1.22. The number of hydrogen-bond donors (Lipinski definition) is 1. The molecule has 1 saturated carbocycles. The minimum atomic E-state index is -0.872. The number of halogens is 1. The van der Waals surface area contributed by atoms with E-state index < -0.39 is 11.5 Å². The second-order valence-corrected chi connectivity index (χ2v) is 4.86. The molecule has 1 amide bonds. The van der Waals surface area contributed by atoms with Crippen LogP contribution >= 0.6 is 11.6 Å². The first-order valence-electron chi connectivity index (χ1n) is 5.87. The molecular weight excluding hydrogens is 238 g/mol. The number of hydrogen-bond acceptors (Lipinski definition) is 2. The largest absolute Gasteiger partial charge is 0.476 e. The zero-order valence-electron chi connectivity index (χ0n) is 9.62. The third-order valence-corrected chi connectivity index (χ3v) is 3.56. The average Bonchev–Trinajstić information content (AvgIpc) is 2.33. The van der Waals surface area contributed by atoms with Crippen molar-refractivity contribution in [2.75, 3.05) is 0 Å². The highest BCUT2D eigenvalue weighted by atomic mass is 35.5. The average molecular weight is 254 g/mol. The van der Waals surface area contributed by atoms with Crippen LogP contribution in [-0.4, -0.2) is 11.5 Å². The summed E-state index contributed by atoms with van der Waals surface area (Å²) in [6.45, 7) is 0. The molecule has 0 aromatic heterocycles. The maximum atomic E-state index is 11.6. The molecule has 0 aliphatic heterocycles. The lowest BCUT2D eigenvalue weighted by Crippen LogP contribution is -2.50. The van der Waals surface area contributed by atoms with Crippen LogP contribution in [0.15, 0.2) is 24.3 Å². The Balaban J connectivity index is 2.24. The van der Waals surface area contributed by atoms with Gasteiger partial charge in [-0.25, -0.2) is 0 Å². The minimum absolute atomic E-state index is 0.392. The van der Waals surface area contributed by atoms with E-state index >= 15 is 0 Å². The fourth-order valence-corrected chi connectivity index (χ4v) is 2.43. The van der Waals surface area contributed by atoms with Gasteiger partial charge in [-0.15, -0.1) is 0 Å². The molecule has 0 bridgehead atoms. The van der Waals surface area contributed by atoms with E-state index in [1.54, 1.807) is 12.1 Å². The van der Waals surface area contributed by atoms with Crippen LogP contribution in [0.4, 0.5) is 0 Å². The number of ether oxygens (including phenoxy) is 1. The van der Waals surface area contributed by atoms with Crippen molar-refractivity contribution in [1.29, 1.82) is 0 Å². The van der Waals surface area contributed by atoms with Crippen molar-refractivity contribution in [2.45, 2.75) is 37.7 Å². The summed E-state index contributed by atoms with van der Waals surface area (Å²) in [6, 6.07) is 7.17. The van der Waals surface area contributed by atoms with Crippen LogP contribution in [0.1, 0.15) is 32.1 Å². The number of amides is 1. The molecule has 2 rings (SSSR count). The molecule has 0 unspecified atom stereocenters.